The Morgan fingerprint density at radius 3 is 2.52 bits per heavy atom. The first kappa shape index (κ1) is 12.3. The number of fused-ring (bicyclic) bond motifs is 3. The van der Waals surface area contributed by atoms with Gasteiger partial charge in [-0.1, -0.05) is 48.5 Å². The molecule has 21 heavy (non-hydrogen) atoms. The van der Waals surface area contributed by atoms with Gasteiger partial charge < -0.3 is 10.5 Å². The third-order valence-electron chi connectivity index (χ3n) is 4.46. The van der Waals surface area contributed by atoms with E-state index in [0.717, 1.165) is 17.0 Å². The molecule has 0 saturated heterocycles. The van der Waals surface area contributed by atoms with Gasteiger partial charge >= 0.3 is 0 Å². The smallest absolute Gasteiger partial charge is 0.142 e. The van der Waals surface area contributed by atoms with E-state index < -0.39 is 5.60 Å². The lowest BCUT2D eigenvalue weighted by Crippen LogP contribution is -2.38. The molecular formula is C19H17NO. The van der Waals surface area contributed by atoms with Crippen LogP contribution >= 0.6 is 0 Å². The number of hydrogen-bond acceptors (Lipinski definition) is 2. The summed E-state index contributed by atoms with van der Waals surface area (Å²) in [5.74, 6) is 1.06. The summed E-state index contributed by atoms with van der Waals surface area (Å²) in [6.45, 7) is 2.15. The Morgan fingerprint density at radius 1 is 1.00 bits per heavy atom. The lowest BCUT2D eigenvalue weighted by Gasteiger charge is -2.36. The second kappa shape index (κ2) is 4.26. The fourth-order valence-electron chi connectivity index (χ4n) is 3.42. The first-order chi connectivity index (χ1) is 10.2. The number of ether oxygens (including phenoxy) is 1. The van der Waals surface area contributed by atoms with E-state index in [2.05, 4.69) is 43.3 Å². The molecule has 1 aliphatic heterocycles. The van der Waals surface area contributed by atoms with Crippen LogP contribution in [0.25, 0.3) is 5.57 Å². The van der Waals surface area contributed by atoms with Gasteiger partial charge in [-0.15, -0.1) is 0 Å². The molecule has 0 radical (unpaired) electrons. The van der Waals surface area contributed by atoms with Gasteiger partial charge in [0.2, 0.25) is 0 Å². The topological polar surface area (TPSA) is 35.2 Å². The lowest BCUT2D eigenvalue weighted by molar-refractivity contribution is 0.149. The van der Waals surface area contributed by atoms with E-state index in [0.29, 0.717) is 0 Å². The van der Waals surface area contributed by atoms with E-state index in [-0.39, 0.29) is 5.92 Å². The Hall–Kier alpha value is -2.48. The van der Waals surface area contributed by atoms with Crippen molar-refractivity contribution in [2.75, 3.05) is 0 Å². The molecule has 104 valence electrons. The first-order valence-corrected chi connectivity index (χ1v) is 7.21. The number of nitrogens with two attached hydrogens (primary N) is 1. The molecule has 1 heterocycles. The van der Waals surface area contributed by atoms with Crippen molar-refractivity contribution in [3.8, 4) is 5.75 Å². The van der Waals surface area contributed by atoms with Crippen LogP contribution in [0.2, 0.25) is 0 Å². The highest BCUT2D eigenvalue weighted by molar-refractivity contribution is 5.84. The Morgan fingerprint density at radius 2 is 1.71 bits per heavy atom. The molecule has 2 heteroatoms. The fraction of sp³-hybridized carbons (Fsp3) is 0.158. The van der Waals surface area contributed by atoms with E-state index in [1.807, 2.05) is 30.3 Å². The van der Waals surface area contributed by atoms with Crippen LogP contribution in [0, 0.1) is 0 Å². The van der Waals surface area contributed by atoms with Gasteiger partial charge in [-0.25, -0.2) is 0 Å². The van der Waals surface area contributed by atoms with Crippen LogP contribution in [-0.2, 0) is 0 Å². The quantitative estimate of drug-likeness (QED) is 0.857. The SMILES string of the molecule is CC12Oc3ccccc3C1=CC(N)=CC2c1ccccc1. The number of rotatable bonds is 1. The molecule has 2 N–H and O–H groups in total. The number of benzene rings is 2. The van der Waals surface area contributed by atoms with E-state index in [1.54, 1.807) is 0 Å². The van der Waals surface area contributed by atoms with Crippen molar-refractivity contribution >= 4 is 5.57 Å². The summed E-state index contributed by atoms with van der Waals surface area (Å²) in [4.78, 5) is 0. The second-order valence-corrected chi connectivity index (χ2v) is 5.82. The molecule has 2 aromatic rings. The molecule has 0 spiro atoms. The predicted octanol–water partition coefficient (Wildman–Crippen LogP) is 3.86. The molecule has 0 fully saturated rings. The third kappa shape index (κ3) is 1.72. The predicted molar refractivity (Wildman–Crippen MR) is 84.9 cm³/mol. The zero-order valence-corrected chi connectivity index (χ0v) is 11.9. The fourth-order valence-corrected chi connectivity index (χ4v) is 3.42. The van der Waals surface area contributed by atoms with Gasteiger partial charge in [0, 0.05) is 22.8 Å². The Kier molecular flexibility index (Phi) is 2.49. The third-order valence-corrected chi connectivity index (χ3v) is 4.46. The second-order valence-electron chi connectivity index (χ2n) is 5.82. The summed E-state index contributed by atoms with van der Waals surface area (Å²) in [6.07, 6.45) is 4.15. The Balaban J connectivity index is 1.90. The Labute approximate surface area is 124 Å². The van der Waals surface area contributed by atoms with Crippen molar-refractivity contribution in [1.29, 1.82) is 0 Å². The number of allylic oxidation sites excluding steroid dienone is 1. The molecule has 2 unspecified atom stereocenters. The van der Waals surface area contributed by atoms with E-state index in [9.17, 15) is 0 Å². The van der Waals surface area contributed by atoms with Crippen molar-refractivity contribution in [1.82, 2.24) is 0 Å². The highest BCUT2D eigenvalue weighted by atomic mass is 16.5. The summed E-state index contributed by atoms with van der Waals surface area (Å²) >= 11 is 0. The van der Waals surface area contributed by atoms with Crippen molar-refractivity contribution < 1.29 is 4.74 Å². The van der Waals surface area contributed by atoms with Gasteiger partial charge in [0.15, 0.2) is 0 Å². The van der Waals surface area contributed by atoms with Crippen molar-refractivity contribution in [3.05, 3.63) is 83.6 Å². The van der Waals surface area contributed by atoms with Gasteiger partial charge in [0.05, 0.1) is 0 Å². The first-order valence-electron chi connectivity index (χ1n) is 7.21. The molecule has 0 bridgehead atoms. The minimum Gasteiger partial charge on any atom is -0.481 e. The highest BCUT2D eigenvalue weighted by Gasteiger charge is 2.47. The molecule has 2 aromatic carbocycles. The highest BCUT2D eigenvalue weighted by Crippen LogP contribution is 2.53. The number of para-hydroxylation sites is 1. The normalized spacial score (nSPS) is 26.2. The maximum absolute atomic E-state index is 6.35. The zero-order chi connectivity index (χ0) is 14.4. The maximum atomic E-state index is 6.35. The minimum absolute atomic E-state index is 0.117. The van der Waals surface area contributed by atoms with E-state index in [4.69, 9.17) is 10.5 Å². The average molecular weight is 275 g/mol. The summed E-state index contributed by atoms with van der Waals surface area (Å²) in [6, 6.07) is 18.6. The van der Waals surface area contributed by atoms with Crippen LogP contribution in [0.3, 0.4) is 0 Å². The molecule has 4 rings (SSSR count). The summed E-state index contributed by atoms with van der Waals surface area (Å²) < 4.78 is 6.35. The zero-order valence-electron chi connectivity index (χ0n) is 11.9. The molecule has 0 saturated carbocycles. The van der Waals surface area contributed by atoms with Crippen LogP contribution in [0.5, 0.6) is 5.75 Å². The van der Waals surface area contributed by atoms with Crippen LogP contribution in [-0.4, -0.2) is 5.60 Å². The Bertz CT molecular complexity index is 760. The lowest BCUT2D eigenvalue weighted by atomic mass is 9.74. The van der Waals surface area contributed by atoms with Gasteiger partial charge in [-0.3, -0.25) is 0 Å². The largest absolute Gasteiger partial charge is 0.481 e. The van der Waals surface area contributed by atoms with Gasteiger partial charge in [0.25, 0.3) is 0 Å². The van der Waals surface area contributed by atoms with E-state index in [1.165, 1.54) is 11.1 Å². The molecule has 1 aliphatic carbocycles. The molecule has 0 aromatic heterocycles. The maximum Gasteiger partial charge on any atom is 0.142 e. The molecule has 2 atom stereocenters. The van der Waals surface area contributed by atoms with Crippen LogP contribution < -0.4 is 10.5 Å². The summed E-state index contributed by atoms with van der Waals surface area (Å²) in [5, 5.41) is 0. The standard InChI is InChI=1S/C19H17NO/c1-19-16(13-7-3-2-4-8-13)11-14(20)12-17(19)15-9-5-6-10-18(15)21-19/h2-12,16H,20H2,1H3. The van der Waals surface area contributed by atoms with Crippen LogP contribution in [0.15, 0.2) is 72.4 Å². The number of hydrogen-bond donors (Lipinski definition) is 1. The summed E-state index contributed by atoms with van der Waals surface area (Å²) in [5.41, 5.74) is 10.1. The molecule has 2 nitrogen and oxygen atoms in total. The average Bonchev–Trinajstić information content (AvgIpc) is 2.80. The summed E-state index contributed by atoms with van der Waals surface area (Å²) in [7, 11) is 0. The van der Waals surface area contributed by atoms with Crippen molar-refractivity contribution in [3.63, 3.8) is 0 Å². The molecule has 0 amide bonds. The molecule has 2 aliphatic rings. The van der Waals surface area contributed by atoms with Gasteiger partial charge in [-0.05, 0) is 30.7 Å². The molecular weight excluding hydrogens is 258 g/mol. The van der Waals surface area contributed by atoms with Crippen LogP contribution in [0.4, 0.5) is 0 Å². The monoisotopic (exact) mass is 275 g/mol. The van der Waals surface area contributed by atoms with Gasteiger partial charge in [0.1, 0.15) is 11.4 Å². The van der Waals surface area contributed by atoms with E-state index >= 15 is 0 Å². The van der Waals surface area contributed by atoms with Gasteiger partial charge in [-0.2, -0.15) is 0 Å². The van der Waals surface area contributed by atoms with Crippen molar-refractivity contribution in [2.45, 2.75) is 18.4 Å². The van der Waals surface area contributed by atoms with Crippen molar-refractivity contribution in [2.24, 2.45) is 5.73 Å². The van der Waals surface area contributed by atoms with Crippen LogP contribution in [0.1, 0.15) is 24.0 Å². The minimum atomic E-state index is -0.395.